The van der Waals surface area contributed by atoms with E-state index < -0.39 is 12.2 Å². The van der Waals surface area contributed by atoms with Crippen LogP contribution in [0, 0.1) is 46.3 Å². The lowest BCUT2D eigenvalue weighted by molar-refractivity contribution is -0.155. The third kappa shape index (κ3) is 4.10. The number of hydrogen-bond donors (Lipinski definition) is 1. The molecule has 0 unspecified atom stereocenters. The summed E-state index contributed by atoms with van der Waals surface area (Å²) in [4.78, 5) is 11.8. The van der Waals surface area contributed by atoms with E-state index in [1.807, 2.05) is 0 Å². The summed E-state index contributed by atoms with van der Waals surface area (Å²) in [6, 6.07) is 0. The second kappa shape index (κ2) is 9.08. The lowest BCUT2D eigenvalue weighted by Crippen LogP contribution is -2.54. The monoisotopic (exact) mass is 444 g/mol. The second-order valence-electron chi connectivity index (χ2n) is 12.9. The number of carbonyl (C=O) groups is 1. The minimum absolute atomic E-state index is 0.0740. The topological polar surface area (TPSA) is 46.5 Å². The smallest absolute Gasteiger partial charge is 0.303 e. The van der Waals surface area contributed by atoms with Crippen LogP contribution < -0.4 is 0 Å². The molecule has 4 aliphatic rings. The van der Waals surface area contributed by atoms with Crippen LogP contribution in [0.1, 0.15) is 106 Å². The quantitative estimate of drug-likeness (QED) is 0.357. The van der Waals surface area contributed by atoms with Crippen molar-refractivity contribution in [1.29, 1.82) is 0 Å². The Morgan fingerprint density at radius 3 is 2.53 bits per heavy atom. The van der Waals surface area contributed by atoms with Crippen molar-refractivity contribution in [2.75, 3.05) is 0 Å². The zero-order valence-electron chi connectivity index (χ0n) is 21.5. The first-order valence-electron chi connectivity index (χ1n) is 13.6. The molecule has 0 aliphatic heterocycles. The molecule has 32 heavy (non-hydrogen) atoms. The highest BCUT2D eigenvalue weighted by atomic mass is 16.6. The van der Waals surface area contributed by atoms with Crippen LogP contribution in [0.4, 0.5) is 0 Å². The Labute approximate surface area is 196 Å². The number of esters is 1. The summed E-state index contributed by atoms with van der Waals surface area (Å²) >= 11 is 0. The summed E-state index contributed by atoms with van der Waals surface area (Å²) in [5.74, 6) is 4.50. The zero-order chi connectivity index (χ0) is 23.3. The van der Waals surface area contributed by atoms with E-state index in [1.54, 1.807) is 0 Å². The van der Waals surface area contributed by atoms with Crippen molar-refractivity contribution in [3.05, 3.63) is 11.6 Å². The van der Waals surface area contributed by atoms with Crippen LogP contribution >= 0.6 is 0 Å². The predicted octanol–water partition coefficient (Wildman–Crippen LogP) is 6.93. The van der Waals surface area contributed by atoms with Gasteiger partial charge in [-0.1, -0.05) is 60.0 Å². The van der Waals surface area contributed by atoms with Gasteiger partial charge in [0.2, 0.25) is 0 Å². The minimum atomic E-state index is -0.550. The van der Waals surface area contributed by atoms with Gasteiger partial charge in [-0.3, -0.25) is 4.79 Å². The molecule has 0 saturated heterocycles. The number of rotatable bonds is 6. The maximum atomic E-state index is 11.8. The highest BCUT2D eigenvalue weighted by molar-refractivity contribution is 5.66. The maximum Gasteiger partial charge on any atom is 0.303 e. The van der Waals surface area contributed by atoms with Gasteiger partial charge in [0.15, 0.2) is 0 Å². The third-order valence-corrected chi connectivity index (χ3v) is 10.6. The molecular formula is C29H48O3. The number of ether oxygens (including phenoxy) is 1. The number of aliphatic hydroxyl groups excluding tert-OH is 1. The fourth-order valence-electron chi connectivity index (χ4n) is 9.04. The number of aliphatic hydroxyl groups is 1. The molecule has 0 radical (unpaired) electrons. The SMILES string of the molecule is CC(=O)O[C@H]1C2=CC[C@H]3[C@H]4CC[C@H]([C@@H](C)CCCC(C)C)[C@@]4(C)CC[C@@H]3[C@@]2(C)CC[C@@H]1O. The van der Waals surface area contributed by atoms with E-state index in [0.717, 1.165) is 48.9 Å². The first-order valence-corrected chi connectivity index (χ1v) is 13.6. The van der Waals surface area contributed by atoms with E-state index >= 15 is 0 Å². The Balaban J connectivity index is 1.53. The Morgan fingerprint density at radius 1 is 1.09 bits per heavy atom. The van der Waals surface area contributed by atoms with Crippen LogP contribution in [0.3, 0.4) is 0 Å². The fraction of sp³-hybridized carbons (Fsp3) is 0.897. The first kappa shape index (κ1) is 24.3. The van der Waals surface area contributed by atoms with Gasteiger partial charge in [0.1, 0.15) is 6.10 Å². The van der Waals surface area contributed by atoms with Crippen LogP contribution in [0.15, 0.2) is 11.6 Å². The van der Waals surface area contributed by atoms with E-state index in [9.17, 15) is 9.90 Å². The van der Waals surface area contributed by atoms with E-state index in [2.05, 4.69) is 40.7 Å². The Bertz CT molecular complexity index is 726. The molecule has 182 valence electrons. The molecule has 3 saturated carbocycles. The number of carbonyl (C=O) groups excluding carboxylic acids is 1. The molecule has 9 atom stereocenters. The molecule has 0 bridgehead atoms. The molecule has 0 spiro atoms. The molecule has 0 aromatic carbocycles. The van der Waals surface area contributed by atoms with E-state index in [1.165, 1.54) is 57.4 Å². The van der Waals surface area contributed by atoms with Crippen molar-refractivity contribution in [1.82, 2.24) is 0 Å². The van der Waals surface area contributed by atoms with Crippen LogP contribution in [-0.4, -0.2) is 23.3 Å². The first-order chi connectivity index (χ1) is 15.1. The molecule has 4 rings (SSSR count). The second-order valence-corrected chi connectivity index (χ2v) is 12.9. The average Bonchev–Trinajstić information content (AvgIpc) is 3.07. The summed E-state index contributed by atoms with van der Waals surface area (Å²) in [7, 11) is 0. The van der Waals surface area contributed by atoms with Crippen molar-refractivity contribution in [3.8, 4) is 0 Å². The predicted molar refractivity (Wildman–Crippen MR) is 130 cm³/mol. The van der Waals surface area contributed by atoms with Crippen molar-refractivity contribution in [2.45, 2.75) is 118 Å². The molecule has 1 N–H and O–H groups in total. The molecule has 3 heteroatoms. The normalized spacial score (nSPS) is 44.3. The van der Waals surface area contributed by atoms with E-state index in [0.29, 0.717) is 11.3 Å². The van der Waals surface area contributed by atoms with Crippen LogP contribution in [0.5, 0.6) is 0 Å². The lowest BCUT2D eigenvalue weighted by atomic mass is 9.46. The highest BCUT2D eigenvalue weighted by Gasteiger charge is 2.60. The van der Waals surface area contributed by atoms with Gasteiger partial charge in [-0.2, -0.15) is 0 Å². The molecule has 0 amide bonds. The Morgan fingerprint density at radius 2 is 1.84 bits per heavy atom. The molecule has 0 heterocycles. The Kier molecular flexibility index (Phi) is 6.90. The van der Waals surface area contributed by atoms with E-state index in [-0.39, 0.29) is 11.4 Å². The van der Waals surface area contributed by atoms with Crippen LogP contribution in [0.2, 0.25) is 0 Å². The van der Waals surface area contributed by atoms with Crippen LogP contribution in [0.25, 0.3) is 0 Å². The summed E-state index contributed by atoms with van der Waals surface area (Å²) in [6.45, 7) is 13.8. The van der Waals surface area contributed by atoms with Gasteiger partial charge in [-0.15, -0.1) is 0 Å². The van der Waals surface area contributed by atoms with Gasteiger partial charge in [-0.25, -0.2) is 0 Å². The fourth-order valence-corrected chi connectivity index (χ4v) is 9.04. The molecule has 3 nitrogen and oxygen atoms in total. The summed E-state index contributed by atoms with van der Waals surface area (Å²) in [5, 5.41) is 10.6. The lowest BCUT2D eigenvalue weighted by Gasteiger charge is -2.59. The average molecular weight is 445 g/mol. The maximum absolute atomic E-state index is 11.8. The standard InChI is InChI=1S/C29H48O3/c1-18(2)8-7-9-19(3)22-12-13-23-21-10-11-25-27(32-20(4)30)26(31)15-17-29(25,6)24(21)14-16-28(22,23)5/h11,18-19,21-24,26-27,31H,7-10,12-17H2,1-6H3/t19-,21-,22+,23+,24-,26-,27-,28+,29+/m0/s1. The van der Waals surface area contributed by atoms with Crippen molar-refractivity contribution in [2.24, 2.45) is 46.3 Å². The van der Waals surface area contributed by atoms with Crippen molar-refractivity contribution in [3.63, 3.8) is 0 Å². The third-order valence-electron chi connectivity index (χ3n) is 10.6. The van der Waals surface area contributed by atoms with E-state index in [4.69, 9.17) is 4.74 Å². The van der Waals surface area contributed by atoms with Gasteiger partial charge < -0.3 is 9.84 Å². The summed E-state index contributed by atoms with van der Waals surface area (Å²) in [6.07, 6.45) is 13.9. The van der Waals surface area contributed by atoms with Crippen molar-refractivity contribution < 1.29 is 14.6 Å². The number of hydrogen-bond acceptors (Lipinski definition) is 3. The molecule has 0 aromatic rings. The molecular weight excluding hydrogens is 396 g/mol. The van der Waals surface area contributed by atoms with Crippen molar-refractivity contribution >= 4 is 5.97 Å². The van der Waals surface area contributed by atoms with Gasteiger partial charge in [-0.05, 0) is 96.9 Å². The summed E-state index contributed by atoms with van der Waals surface area (Å²) < 4.78 is 5.67. The highest BCUT2D eigenvalue weighted by Crippen LogP contribution is 2.67. The number of fused-ring (bicyclic) bond motifs is 5. The van der Waals surface area contributed by atoms with Gasteiger partial charge in [0.05, 0.1) is 6.10 Å². The Hall–Kier alpha value is -0.830. The minimum Gasteiger partial charge on any atom is -0.455 e. The molecule has 4 aliphatic carbocycles. The molecule has 3 fully saturated rings. The summed E-state index contributed by atoms with van der Waals surface area (Å²) in [5.41, 5.74) is 1.79. The van der Waals surface area contributed by atoms with Gasteiger partial charge in [0.25, 0.3) is 0 Å². The van der Waals surface area contributed by atoms with Crippen LogP contribution in [-0.2, 0) is 9.53 Å². The van der Waals surface area contributed by atoms with Gasteiger partial charge >= 0.3 is 5.97 Å². The largest absolute Gasteiger partial charge is 0.455 e. The zero-order valence-corrected chi connectivity index (χ0v) is 21.5. The number of allylic oxidation sites excluding steroid dienone is 1. The van der Waals surface area contributed by atoms with Gasteiger partial charge in [0, 0.05) is 6.92 Å². The molecule has 0 aromatic heterocycles.